The Labute approximate surface area is 391 Å². The molecule has 0 spiro atoms. The van der Waals surface area contributed by atoms with Gasteiger partial charge >= 0.3 is 12.2 Å². The summed E-state index contributed by atoms with van der Waals surface area (Å²) in [5.41, 5.74) is 8.15. The van der Waals surface area contributed by atoms with Crippen LogP contribution < -0.4 is 20.4 Å². The number of likely N-dealkylation sites (N-methyl/N-ethyl adjacent to an activating group) is 1. The number of aromatic amines is 2. The Bertz CT molecular complexity index is 2600. The van der Waals surface area contributed by atoms with Crippen molar-refractivity contribution in [3.05, 3.63) is 83.4 Å². The number of piperazine rings is 1. The molecule has 356 valence electrons. The molecule has 4 saturated heterocycles. The van der Waals surface area contributed by atoms with Gasteiger partial charge in [0.25, 0.3) is 0 Å². The first-order chi connectivity index (χ1) is 32.3. The number of hydrogen-bond donors (Lipinski definition) is 5. The van der Waals surface area contributed by atoms with Crippen molar-refractivity contribution < 1.29 is 29.0 Å². The van der Waals surface area contributed by atoms with Gasteiger partial charge in [-0.15, -0.1) is 0 Å². The number of anilines is 2. The lowest BCUT2D eigenvalue weighted by molar-refractivity contribution is -0.136. The Morgan fingerprint density at radius 3 is 1.76 bits per heavy atom. The van der Waals surface area contributed by atoms with Crippen molar-refractivity contribution in [3.63, 3.8) is 0 Å². The molecule has 17 nitrogen and oxygen atoms in total. The average Bonchev–Trinajstić information content (AvgIpc) is 4.18. The van der Waals surface area contributed by atoms with Crippen molar-refractivity contribution >= 4 is 57.4 Å². The SMILES string of the molecule is COC(=O)N[C@H](C(=O)N1CCC[C@H]1c1nc2cc([C@H]3CC[C@H](c4ccc5nc([C@@H]6CCCN6C(=O)[C@@H](NC(=O)O)C(C)C)[nH]c5c4)N3c3ccc(N4CCN(C)CC4)cc3)ccc2[nH]1)C(C)C. The summed E-state index contributed by atoms with van der Waals surface area (Å²) in [6.07, 6.45) is 3.14. The van der Waals surface area contributed by atoms with Gasteiger partial charge in [0, 0.05) is 50.6 Å². The molecule has 2 aromatic heterocycles. The Morgan fingerprint density at radius 2 is 1.18 bits per heavy atom. The highest BCUT2D eigenvalue weighted by Crippen LogP contribution is 2.48. The van der Waals surface area contributed by atoms with Crippen LogP contribution in [0.3, 0.4) is 0 Å². The third kappa shape index (κ3) is 9.21. The normalized spacial score (nSPS) is 22.3. The largest absolute Gasteiger partial charge is 0.465 e. The van der Waals surface area contributed by atoms with Gasteiger partial charge in [-0.05, 0) is 117 Å². The number of benzene rings is 3. The lowest BCUT2D eigenvalue weighted by atomic mass is 10.0. The van der Waals surface area contributed by atoms with Crippen molar-refractivity contribution in [2.45, 2.75) is 102 Å². The van der Waals surface area contributed by atoms with E-state index in [4.69, 9.17) is 14.7 Å². The van der Waals surface area contributed by atoms with E-state index in [0.717, 1.165) is 109 Å². The standard InChI is InChI=1S/C50H65N11O6/c1-29(2)43(55-49(64)65)47(62)59-21-7-9-41(59)45-51-35-17-11-31(27-37(35)53-45)39-19-20-40(61(39)34-15-13-33(14-16-34)58-25-23-57(5)24-26-58)32-12-18-36-38(28-32)54-46(52-36)42-10-8-22-60(42)48(63)44(30(3)4)56-50(66)67-6/h11-18,27-30,39-44,55H,7-10,19-26H2,1-6H3,(H,51,53)(H,52,54)(H,56,66)(H,64,65)/t39-,40-,41+,42+,43+,44+/m1/s1. The number of rotatable bonds is 12. The summed E-state index contributed by atoms with van der Waals surface area (Å²) in [5, 5.41) is 14.7. The van der Waals surface area contributed by atoms with Gasteiger partial charge in [0.1, 0.15) is 23.7 Å². The summed E-state index contributed by atoms with van der Waals surface area (Å²) < 4.78 is 4.84. The zero-order chi connectivity index (χ0) is 47.1. The van der Waals surface area contributed by atoms with Gasteiger partial charge in [0.15, 0.2) is 0 Å². The zero-order valence-electron chi connectivity index (χ0n) is 39.5. The van der Waals surface area contributed by atoms with E-state index in [1.165, 1.54) is 12.8 Å². The van der Waals surface area contributed by atoms with Gasteiger partial charge in [-0.2, -0.15) is 0 Å². The van der Waals surface area contributed by atoms with E-state index in [1.54, 1.807) is 4.90 Å². The number of ether oxygens (including phenoxy) is 1. The van der Waals surface area contributed by atoms with Crippen LogP contribution in [-0.2, 0) is 14.3 Å². The number of likely N-dealkylation sites (tertiary alicyclic amines) is 2. The molecule has 0 radical (unpaired) electrons. The third-order valence-corrected chi connectivity index (χ3v) is 14.5. The van der Waals surface area contributed by atoms with Gasteiger partial charge in [0.05, 0.1) is 53.3 Å². The minimum atomic E-state index is -1.21. The molecule has 4 aliphatic heterocycles. The number of aromatic nitrogens is 4. The predicted octanol–water partition coefficient (Wildman–Crippen LogP) is 7.27. The van der Waals surface area contributed by atoms with Crippen LogP contribution >= 0.6 is 0 Å². The first-order valence-corrected chi connectivity index (χ1v) is 24.0. The Balaban J connectivity index is 1.01. The van der Waals surface area contributed by atoms with E-state index < -0.39 is 24.3 Å². The van der Waals surface area contributed by atoms with E-state index in [1.807, 2.05) is 32.6 Å². The lowest BCUT2D eigenvalue weighted by Crippen LogP contribution is -2.51. The van der Waals surface area contributed by atoms with Gasteiger partial charge < -0.3 is 54.9 Å². The number of carbonyl (C=O) groups is 4. The number of methoxy groups -OCH3 is 1. The topological polar surface area (TPSA) is 195 Å². The van der Waals surface area contributed by atoms with Gasteiger partial charge in [0.2, 0.25) is 11.8 Å². The van der Waals surface area contributed by atoms with Gasteiger partial charge in [-0.25, -0.2) is 19.6 Å². The summed E-state index contributed by atoms with van der Waals surface area (Å²) in [5.74, 6) is 0.765. The molecule has 0 bridgehead atoms. The first kappa shape index (κ1) is 45.8. The fourth-order valence-corrected chi connectivity index (χ4v) is 10.9. The van der Waals surface area contributed by atoms with Crippen LogP contribution in [0.2, 0.25) is 0 Å². The maximum atomic E-state index is 13.9. The van der Waals surface area contributed by atoms with Crippen LogP contribution in [0, 0.1) is 11.8 Å². The van der Waals surface area contributed by atoms with Crippen molar-refractivity contribution in [1.82, 2.24) is 45.3 Å². The molecule has 9 rings (SSSR count). The fraction of sp³-hybridized carbons (Fsp3) is 0.520. The molecule has 4 fully saturated rings. The van der Waals surface area contributed by atoms with E-state index >= 15 is 0 Å². The van der Waals surface area contributed by atoms with Crippen molar-refractivity contribution in [1.29, 1.82) is 0 Å². The fourth-order valence-electron chi connectivity index (χ4n) is 10.9. The highest BCUT2D eigenvalue weighted by molar-refractivity contribution is 5.87. The zero-order valence-corrected chi connectivity index (χ0v) is 39.5. The average molecular weight is 916 g/mol. The highest BCUT2D eigenvalue weighted by Gasteiger charge is 2.40. The molecule has 0 unspecified atom stereocenters. The second kappa shape index (κ2) is 19.1. The Hall–Kier alpha value is -6.36. The summed E-state index contributed by atoms with van der Waals surface area (Å²) in [7, 11) is 3.47. The molecule has 5 aromatic rings. The number of carboxylic acid groups (broad SMARTS) is 1. The Morgan fingerprint density at radius 1 is 0.642 bits per heavy atom. The molecule has 17 heteroatoms. The van der Waals surface area contributed by atoms with Crippen molar-refractivity contribution in [2.24, 2.45) is 11.8 Å². The molecule has 3 aromatic carbocycles. The molecule has 4 amide bonds. The molecule has 67 heavy (non-hydrogen) atoms. The van der Waals surface area contributed by atoms with Crippen LogP contribution in [-0.4, -0.2) is 129 Å². The monoisotopic (exact) mass is 916 g/mol. The second-order valence-corrected chi connectivity index (χ2v) is 19.5. The maximum Gasteiger partial charge on any atom is 0.407 e. The van der Waals surface area contributed by atoms with E-state index in [-0.39, 0.29) is 47.8 Å². The third-order valence-electron chi connectivity index (χ3n) is 14.5. The highest BCUT2D eigenvalue weighted by atomic mass is 16.5. The lowest BCUT2D eigenvalue weighted by Gasteiger charge is -2.36. The molecule has 4 aliphatic rings. The number of carbonyl (C=O) groups excluding carboxylic acids is 3. The predicted molar refractivity (Wildman–Crippen MR) is 257 cm³/mol. The molecule has 5 N–H and O–H groups in total. The van der Waals surface area contributed by atoms with E-state index in [9.17, 15) is 24.3 Å². The number of imidazole rings is 2. The second-order valence-electron chi connectivity index (χ2n) is 19.5. The number of nitrogens with one attached hydrogen (secondary N) is 4. The summed E-state index contributed by atoms with van der Waals surface area (Å²) in [6, 6.07) is 20.0. The minimum Gasteiger partial charge on any atom is -0.465 e. The molecule has 6 atom stereocenters. The van der Waals surface area contributed by atoms with Crippen LogP contribution in [0.15, 0.2) is 60.7 Å². The van der Waals surface area contributed by atoms with Crippen LogP contribution in [0.25, 0.3) is 22.1 Å². The number of H-pyrrole nitrogens is 2. The molecule has 0 saturated carbocycles. The molecular weight excluding hydrogens is 851 g/mol. The van der Waals surface area contributed by atoms with Crippen LogP contribution in [0.4, 0.5) is 21.0 Å². The quantitative estimate of drug-likeness (QED) is 0.0845. The van der Waals surface area contributed by atoms with Gasteiger partial charge in [-0.3, -0.25) is 9.59 Å². The van der Waals surface area contributed by atoms with Crippen LogP contribution in [0.1, 0.15) is 113 Å². The molecular formula is C50H65N11O6. The van der Waals surface area contributed by atoms with Crippen molar-refractivity contribution in [3.8, 4) is 0 Å². The summed E-state index contributed by atoms with van der Waals surface area (Å²) in [6.45, 7) is 12.7. The Kier molecular flexibility index (Phi) is 13.0. The van der Waals surface area contributed by atoms with Crippen molar-refractivity contribution in [2.75, 3.05) is 63.2 Å². The number of fused-ring (bicyclic) bond motifs is 2. The van der Waals surface area contributed by atoms with E-state index in [2.05, 4.69) is 103 Å². The first-order valence-electron chi connectivity index (χ1n) is 24.0. The molecule has 0 aliphatic carbocycles. The maximum absolute atomic E-state index is 13.9. The molecule has 6 heterocycles. The smallest absolute Gasteiger partial charge is 0.407 e. The summed E-state index contributed by atoms with van der Waals surface area (Å²) in [4.78, 5) is 79.8. The number of alkyl carbamates (subject to hydrolysis) is 1. The number of amides is 4. The summed E-state index contributed by atoms with van der Waals surface area (Å²) >= 11 is 0. The number of nitrogens with zero attached hydrogens (tertiary/aromatic N) is 7. The number of hydrogen-bond acceptors (Lipinski definition) is 10. The van der Waals surface area contributed by atoms with Crippen LogP contribution in [0.5, 0.6) is 0 Å². The minimum absolute atomic E-state index is 0.0455. The van der Waals surface area contributed by atoms with Gasteiger partial charge in [-0.1, -0.05) is 39.8 Å². The van der Waals surface area contributed by atoms with E-state index in [0.29, 0.717) is 18.9 Å².